The first-order valence-electron chi connectivity index (χ1n) is 8.39. The van der Waals surface area contributed by atoms with Crippen molar-refractivity contribution in [3.05, 3.63) is 65.6 Å². The van der Waals surface area contributed by atoms with Gasteiger partial charge in [0.1, 0.15) is 11.6 Å². The summed E-state index contributed by atoms with van der Waals surface area (Å²) in [6.45, 7) is 3.70. The molecule has 1 aromatic heterocycles. The van der Waals surface area contributed by atoms with Crippen molar-refractivity contribution in [1.82, 2.24) is 4.98 Å². The number of methoxy groups -OCH3 is 1. The van der Waals surface area contributed by atoms with Crippen LogP contribution in [-0.4, -0.2) is 21.0 Å². The number of para-hydroxylation sites is 1. The molecule has 0 fully saturated rings. The lowest BCUT2D eigenvalue weighted by Crippen LogP contribution is -2.34. The van der Waals surface area contributed by atoms with Crippen molar-refractivity contribution in [2.45, 2.75) is 30.9 Å². The van der Waals surface area contributed by atoms with E-state index in [4.69, 9.17) is 9.88 Å². The Kier molecular flexibility index (Phi) is 5.16. The molecule has 0 radical (unpaired) electrons. The van der Waals surface area contributed by atoms with Crippen LogP contribution in [0.25, 0.3) is 10.9 Å². The molecule has 3 N–H and O–H groups in total. The van der Waals surface area contributed by atoms with Crippen LogP contribution in [0.2, 0.25) is 0 Å². The number of fused-ring (bicyclic) bond motifs is 1. The number of benzene rings is 2. The number of halogens is 1. The normalized spacial score (nSPS) is 14.3. The molecule has 3 rings (SSSR count). The van der Waals surface area contributed by atoms with E-state index >= 15 is 0 Å². The highest BCUT2D eigenvalue weighted by Gasteiger charge is 2.32. The summed E-state index contributed by atoms with van der Waals surface area (Å²) in [7, 11) is 0.0366. The number of hydrogen-bond acceptors (Lipinski definition) is 2. The van der Waals surface area contributed by atoms with Crippen LogP contribution in [0.4, 0.5) is 4.39 Å². The first-order chi connectivity index (χ1) is 12.3. The van der Waals surface area contributed by atoms with Gasteiger partial charge in [-0.05, 0) is 56.0 Å². The van der Waals surface area contributed by atoms with Gasteiger partial charge in [-0.1, -0.05) is 18.2 Å². The number of nitrogens with one attached hydrogen (secondary N) is 1. The molecule has 6 heteroatoms. The largest absolute Gasteiger partial charge is 0.496 e. The molecule has 138 valence electrons. The number of nitrogens with two attached hydrogens (primary N) is 1. The Balaban J connectivity index is 2.16. The minimum absolute atomic E-state index is 0.240. The first-order valence-corrected chi connectivity index (χ1v) is 9.60. The molecule has 0 spiro atoms. The number of aromatic nitrogens is 1. The third kappa shape index (κ3) is 3.66. The Morgan fingerprint density at radius 3 is 2.62 bits per heavy atom. The molecule has 26 heavy (non-hydrogen) atoms. The van der Waals surface area contributed by atoms with Crippen LogP contribution in [0, 0.1) is 5.82 Å². The fourth-order valence-corrected chi connectivity index (χ4v) is 3.55. The second-order valence-electron chi connectivity index (χ2n) is 7.01. The van der Waals surface area contributed by atoms with E-state index in [1.807, 2.05) is 44.2 Å². The van der Waals surface area contributed by atoms with Crippen LogP contribution in [0.3, 0.4) is 0 Å². The topological polar surface area (TPSA) is 68.1 Å². The predicted octanol–water partition coefficient (Wildman–Crippen LogP) is 4.24. The van der Waals surface area contributed by atoms with Gasteiger partial charge in [0, 0.05) is 22.7 Å². The molecular weight excluding hydrogens is 351 g/mol. The molecule has 1 unspecified atom stereocenters. The molecule has 0 aliphatic rings. The van der Waals surface area contributed by atoms with Crippen molar-refractivity contribution in [2.75, 3.05) is 7.11 Å². The summed E-state index contributed by atoms with van der Waals surface area (Å²) in [5.74, 6) is 0.0119. The van der Waals surface area contributed by atoms with E-state index in [-0.39, 0.29) is 11.7 Å². The van der Waals surface area contributed by atoms with Gasteiger partial charge in [0.05, 0.1) is 22.8 Å². The van der Waals surface area contributed by atoms with Crippen molar-refractivity contribution in [2.24, 2.45) is 5.14 Å². The van der Waals surface area contributed by atoms with Crippen molar-refractivity contribution in [1.29, 1.82) is 0 Å². The van der Waals surface area contributed by atoms with Gasteiger partial charge < -0.3 is 9.72 Å². The zero-order valence-corrected chi connectivity index (χ0v) is 15.9. The summed E-state index contributed by atoms with van der Waals surface area (Å²) in [4.78, 5) is 3.41. The minimum Gasteiger partial charge on any atom is -0.496 e. The van der Waals surface area contributed by atoms with E-state index in [1.165, 1.54) is 12.1 Å². The lowest BCUT2D eigenvalue weighted by molar-refractivity contribution is 0.402. The Labute approximate surface area is 155 Å². The number of ether oxygens (including phenoxy) is 1. The zero-order chi connectivity index (χ0) is 18.9. The molecule has 0 aliphatic carbocycles. The number of H-pyrrole nitrogens is 1. The van der Waals surface area contributed by atoms with Gasteiger partial charge in [0.15, 0.2) is 0 Å². The summed E-state index contributed by atoms with van der Waals surface area (Å²) in [6, 6.07) is 14.4. The van der Waals surface area contributed by atoms with Crippen LogP contribution in [-0.2, 0) is 11.0 Å². The van der Waals surface area contributed by atoms with E-state index < -0.39 is 15.7 Å². The molecule has 0 saturated carbocycles. The second-order valence-corrected chi connectivity index (χ2v) is 8.71. The molecule has 0 bridgehead atoms. The van der Waals surface area contributed by atoms with E-state index in [2.05, 4.69) is 4.98 Å². The van der Waals surface area contributed by atoms with Gasteiger partial charge in [-0.2, -0.15) is 0 Å². The average molecular weight is 374 g/mol. The SMILES string of the molecule is COc1ccc(F)cc1[C@@H](CC(C)(C)S(N)=O)c1cc2ccccc2[nH]1. The van der Waals surface area contributed by atoms with Crippen LogP contribution < -0.4 is 9.88 Å². The maximum Gasteiger partial charge on any atom is 0.123 e. The van der Waals surface area contributed by atoms with Crippen LogP contribution in [0.15, 0.2) is 48.5 Å². The Morgan fingerprint density at radius 1 is 1.23 bits per heavy atom. The van der Waals surface area contributed by atoms with Gasteiger partial charge in [0.2, 0.25) is 0 Å². The molecular formula is C20H23FN2O2S. The van der Waals surface area contributed by atoms with Crippen LogP contribution >= 0.6 is 0 Å². The maximum atomic E-state index is 14.0. The highest BCUT2D eigenvalue weighted by molar-refractivity contribution is 7.84. The Hall–Kier alpha value is -2.18. The zero-order valence-electron chi connectivity index (χ0n) is 15.1. The van der Waals surface area contributed by atoms with E-state index in [9.17, 15) is 8.60 Å². The minimum atomic E-state index is -1.52. The van der Waals surface area contributed by atoms with Gasteiger partial charge in [-0.15, -0.1) is 0 Å². The molecule has 2 atom stereocenters. The highest BCUT2D eigenvalue weighted by atomic mass is 32.2. The molecule has 0 aliphatic heterocycles. The molecule has 2 aromatic carbocycles. The third-order valence-electron chi connectivity index (χ3n) is 4.73. The smallest absolute Gasteiger partial charge is 0.123 e. The fraction of sp³-hybridized carbons (Fsp3) is 0.300. The fourth-order valence-electron chi connectivity index (χ4n) is 3.22. The monoisotopic (exact) mass is 374 g/mol. The predicted molar refractivity (Wildman–Crippen MR) is 104 cm³/mol. The van der Waals surface area contributed by atoms with Gasteiger partial charge in [-0.25, -0.2) is 8.60 Å². The molecule has 0 saturated heterocycles. The van der Waals surface area contributed by atoms with Gasteiger partial charge >= 0.3 is 0 Å². The summed E-state index contributed by atoms with van der Waals surface area (Å²) in [5.41, 5.74) is 2.61. The van der Waals surface area contributed by atoms with Crippen molar-refractivity contribution >= 4 is 21.9 Å². The van der Waals surface area contributed by atoms with Crippen LogP contribution in [0.1, 0.15) is 37.4 Å². The number of aromatic amines is 1. The summed E-state index contributed by atoms with van der Waals surface area (Å²) >= 11 is 0. The quantitative estimate of drug-likeness (QED) is 0.678. The summed E-state index contributed by atoms with van der Waals surface area (Å²) in [6.07, 6.45) is 0.475. The molecule has 3 aromatic rings. The van der Waals surface area contributed by atoms with Gasteiger partial charge in [-0.3, -0.25) is 5.14 Å². The van der Waals surface area contributed by atoms with Crippen molar-refractivity contribution < 1.29 is 13.3 Å². The van der Waals surface area contributed by atoms with Crippen molar-refractivity contribution in [3.63, 3.8) is 0 Å². The average Bonchev–Trinajstić information content (AvgIpc) is 3.03. The Bertz CT molecular complexity index is 919. The molecule has 0 amide bonds. The standard InChI is InChI=1S/C20H23FN2O2S/c1-20(2,26(22)24)12-16(15-11-14(21)8-9-19(15)25-3)18-10-13-6-4-5-7-17(13)23-18/h4-11,16,23H,12,22H2,1-3H3/t16-,26?/m1/s1. The Morgan fingerprint density at radius 2 is 1.96 bits per heavy atom. The van der Waals surface area contributed by atoms with E-state index in [1.54, 1.807) is 13.2 Å². The first kappa shape index (κ1) is 18.6. The number of hydrogen-bond donors (Lipinski definition) is 2. The lowest BCUT2D eigenvalue weighted by atomic mass is 9.86. The maximum absolute atomic E-state index is 14.0. The molecule has 4 nitrogen and oxygen atoms in total. The summed E-state index contributed by atoms with van der Waals surface area (Å²) in [5, 5.41) is 6.77. The van der Waals surface area contributed by atoms with E-state index in [0.29, 0.717) is 17.7 Å². The lowest BCUT2D eigenvalue weighted by Gasteiger charge is -2.28. The van der Waals surface area contributed by atoms with Crippen LogP contribution in [0.5, 0.6) is 5.75 Å². The third-order valence-corrected chi connectivity index (χ3v) is 5.99. The highest BCUT2D eigenvalue weighted by Crippen LogP contribution is 2.39. The van der Waals surface area contributed by atoms with E-state index in [0.717, 1.165) is 16.6 Å². The van der Waals surface area contributed by atoms with Crippen molar-refractivity contribution in [3.8, 4) is 5.75 Å². The second kappa shape index (κ2) is 7.21. The number of rotatable bonds is 6. The summed E-state index contributed by atoms with van der Waals surface area (Å²) < 4.78 is 30.8. The van der Waals surface area contributed by atoms with Gasteiger partial charge in [0.25, 0.3) is 0 Å². The molecule has 1 heterocycles.